The van der Waals surface area contributed by atoms with Crippen LogP contribution < -0.4 is 19.5 Å². The largest absolute Gasteiger partial charge is 0.493 e. The number of amides is 1. The number of hydrazine groups is 1. The average Bonchev–Trinajstić information content (AvgIpc) is 3.36. The van der Waals surface area contributed by atoms with Crippen molar-refractivity contribution in [3.8, 4) is 23.3 Å². The summed E-state index contributed by atoms with van der Waals surface area (Å²) >= 11 is 1.25. The van der Waals surface area contributed by atoms with Crippen molar-refractivity contribution in [1.29, 1.82) is 5.26 Å². The van der Waals surface area contributed by atoms with E-state index < -0.39 is 22.0 Å². The SMILES string of the molecule is CCN(N(C)C)S(=O)(=O)c1ccc(C(Oc2ccc(C#N)cc2)C(=O)Nc2nc3cc(OC)c(OC)cc3s2)cc1. The lowest BCUT2D eigenvalue weighted by atomic mass is 10.1. The number of hydrogen-bond acceptors (Lipinski definition) is 10. The van der Waals surface area contributed by atoms with E-state index in [1.165, 1.54) is 47.1 Å². The summed E-state index contributed by atoms with van der Waals surface area (Å²) in [4.78, 5) is 18.2. The Morgan fingerprint density at radius 3 is 2.24 bits per heavy atom. The molecule has 4 rings (SSSR count). The molecule has 0 fully saturated rings. The van der Waals surface area contributed by atoms with Crippen LogP contribution >= 0.6 is 11.3 Å². The van der Waals surface area contributed by atoms with E-state index >= 15 is 0 Å². The van der Waals surface area contributed by atoms with Gasteiger partial charge in [-0.2, -0.15) is 5.26 Å². The van der Waals surface area contributed by atoms with E-state index in [4.69, 9.17) is 19.5 Å². The number of methoxy groups -OCH3 is 2. The first-order valence-corrected chi connectivity index (χ1v) is 14.7. The van der Waals surface area contributed by atoms with Gasteiger partial charge in [0.05, 0.1) is 41.0 Å². The van der Waals surface area contributed by atoms with Gasteiger partial charge in [-0.15, -0.1) is 4.41 Å². The van der Waals surface area contributed by atoms with Crippen molar-refractivity contribution in [2.75, 3.05) is 40.2 Å². The monoisotopic (exact) mass is 595 g/mol. The second-order valence-electron chi connectivity index (χ2n) is 8.88. The molecule has 0 aliphatic carbocycles. The number of carbonyl (C=O) groups excluding carboxylic acids is 1. The molecule has 4 aromatic rings. The number of fused-ring (bicyclic) bond motifs is 1. The molecule has 0 saturated heterocycles. The minimum atomic E-state index is -3.80. The molecule has 3 aromatic carbocycles. The number of thiazole rings is 1. The molecule has 0 aliphatic rings. The van der Waals surface area contributed by atoms with Crippen LogP contribution in [0.3, 0.4) is 0 Å². The van der Waals surface area contributed by atoms with Gasteiger partial charge in [0.2, 0.25) is 6.10 Å². The molecule has 0 aliphatic heterocycles. The Bertz CT molecular complexity index is 1640. The number of sulfonamides is 1. The number of nitriles is 1. The third-order valence-electron chi connectivity index (χ3n) is 6.07. The van der Waals surface area contributed by atoms with Crippen LogP contribution in [-0.4, -0.2) is 63.6 Å². The standard InChI is InChI=1S/C28H29N5O6S2/c1-6-33(32(2)3)41(35,36)21-13-9-19(10-14-21)26(39-20-11-7-18(17-29)8-12-20)27(34)31-28-30-22-15-23(37-4)24(38-5)16-25(22)40-28/h7-16,26H,6H2,1-5H3,(H,30,31,34). The van der Waals surface area contributed by atoms with Crippen LogP contribution in [0, 0.1) is 11.3 Å². The van der Waals surface area contributed by atoms with Gasteiger partial charge in [0, 0.05) is 38.3 Å². The fraction of sp³-hybridized carbons (Fsp3) is 0.250. The molecule has 11 nitrogen and oxygen atoms in total. The molecule has 41 heavy (non-hydrogen) atoms. The van der Waals surface area contributed by atoms with Gasteiger partial charge in [0.1, 0.15) is 5.75 Å². The highest BCUT2D eigenvalue weighted by molar-refractivity contribution is 7.89. The van der Waals surface area contributed by atoms with Crippen LogP contribution in [0.4, 0.5) is 5.13 Å². The lowest BCUT2D eigenvalue weighted by Crippen LogP contribution is -2.41. The normalized spacial score (nSPS) is 12.2. The van der Waals surface area contributed by atoms with Gasteiger partial charge in [-0.25, -0.2) is 18.4 Å². The lowest BCUT2D eigenvalue weighted by Gasteiger charge is -2.26. The van der Waals surface area contributed by atoms with Crippen molar-refractivity contribution in [2.24, 2.45) is 0 Å². The Morgan fingerprint density at radius 2 is 1.68 bits per heavy atom. The smallest absolute Gasteiger partial charge is 0.271 e. The van der Waals surface area contributed by atoms with Crippen molar-refractivity contribution in [3.05, 3.63) is 71.8 Å². The van der Waals surface area contributed by atoms with E-state index in [-0.39, 0.29) is 11.4 Å². The Labute approximate surface area is 242 Å². The van der Waals surface area contributed by atoms with Crippen LogP contribution in [0.15, 0.2) is 65.6 Å². The Morgan fingerprint density at radius 1 is 1.05 bits per heavy atom. The summed E-state index contributed by atoms with van der Waals surface area (Å²) in [5, 5.41) is 13.8. The van der Waals surface area contributed by atoms with E-state index in [0.29, 0.717) is 39.0 Å². The number of nitrogens with zero attached hydrogens (tertiary/aromatic N) is 4. The van der Waals surface area contributed by atoms with Gasteiger partial charge >= 0.3 is 0 Å². The van der Waals surface area contributed by atoms with Crippen molar-refractivity contribution in [2.45, 2.75) is 17.9 Å². The van der Waals surface area contributed by atoms with Crippen LogP contribution in [0.5, 0.6) is 17.2 Å². The molecular weight excluding hydrogens is 566 g/mol. The lowest BCUT2D eigenvalue weighted by molar-refractivity contribution is -0.123. The minimum absolute atomic E-state index is 0.0726. The quantitative estimate of drug-likeness (QED) is 0.250. The summed E-state index contributed by atoms with van der Waals surface area (Å²) in [7, 11) is 2.57. The van der Waals surface area contributed by atoms with Crippen molar-refractivity contribution >= 4 is 42.6 Å². The first-order valence-electron chi connectivity index (χ1n) is 12.4. The topological polar surface area (TPSA) is 134 Å². The number of nitrogens with one attached hydrogen (secondary N) is 1. The Kier molecular flexibility index (Phi) is 9.09. The van der Waals surface area contributed by atoms with Gasteiger partial charge in [-0.05, 0) is 43.3 Å². The zero-order valence-electron chi connectivity index (χ0n) is 23.1. The third-order valence-corrected chi connectivity index (χ3v) is 9.02. The molecule has 13 heteroatoms. The summed E-state index contributed by atoms with van der Waals surface area (Å²) in [6.45, 7) is 2.00. The van der Waals surface area contributed by atoms with Crippen LogP contribution in [0.2, 0.25) is 0 Å². The van der Waals surface area contributed by atoms with Gasteiger partial charge < -0.3 is 14.2 Å². The number of carbonyl (C=O) groups is 1. The highest BCUT2D eigenvalue weighted by Crippen LogP contribution is 2.36. The highest BCUT2D eigenvalue weighted by Gasteiger charge is 2.28. The average molecular weight is 596 g/mol. The summed E-state index contributed by atoms with van der Waals surface area (Å²) in [6, 6.07) is 17.8. The predicted molar refractivity (Wildman–Crippen MR) is 156 cm³/mol. The molecule has 1 heterocycles. The number of benzene rings is 3. The minimum Gasteiger partial charge on any atom is -0.493 e. The summed E-state index contributed by atoms with van der Waals surface area (Å²) in [6.07, 6.45) is -1.16. The number of rotatable bonds is 11. The maximum absolute atomic E-state index is 13.6. The van der Waals surface area contributed by atoms with E-state index in [1.54, 1.807) is 69.6 Å². The number of anilines is 1. The zero-order valence-corrected chi connectivity index (χ0v) is 24.7. The summed E-state index contributed by atoms with van der Waals surface area (Å²) < 4.78 is 45.0. The maximum Gasteiger partial charge on any atom is 0.271 e. The van der Waals surface area contributed by atoms with E-state index in [2.05, 4.69) is 10.3 Å². The highest BCUT2D eigenvalue weighted by atomic mass is 32.2. The van der Waals surface area contributed by atoms with Crippen LogP contribution in [-0.2, 0) is 14.8 Å². The number of ether oxygens (including phenoxy) is 3. The zero-order chi connectivity index (χ0) is 29.7. The predicted octanol–water partition coefficient (Wildman–Crippen LogP) is 4.43. The maximum atomic E-state index is 13.6. The molecule has 0 bridgehead atoms. The van der Waals surface area contributed by atoms with E-state index in [1.807, 2.05) is 6.07 Å². The number of hydrogen-bond donors (Lipinski definition) is 1. The van der Waals surface area contributed by atoms with Crippen LogP contribution in [0.25, 0.3) is 10.2 Å². The Hall–Kier alpha value is -4.22. The van der Waals surface area contributed by atoms with Crippen LogP contribution in [0.1, 0.15) is 24.2 Å². The van der Waals surface area contributed by atoms with E-state index in [9.17, 15) is 13.2 Å². The molecule has 0 radical (unpaired) electrons. The van der Waals surface area contributed by atoms with Gasteiger partial charge in [-0.3, -0.25) is 10.1 Å². The molecular formula is C28H29N5O6S2. The second kappa shape index (κ2) is 12.5. The summed E-state index contributed by atoms with van der Waals surface area (Å²) in [5.74, 6) is 0.876. The molecule has 214 valence electrons. The molecule has 1 amide bonds. The third kappa shape index (κ3) is 6.41. The van der Waals surface area contributed by atoms with Gasteiger partial charge in [-0.1, -0.05) is 23.5 Å². The Balaban J connectivity index is 1.67. The first kappa shape index (κ1) is 29.8. The van der Waals surface area contributed by atoms with E-state index in [0.717, 1.165) is 4.70 Å². The first-order chi connectivity index (χ1) is 19.6. The molecule has 1 N–H and O–H groups in total. The fourth-order valence-electron chi connectivity index (χ4n) is 4.10. The molecule has 0 spiro atoms. The summed E-state index contributed by atoms with van der Waals surface area (Å²) in [5.41, 5.74) is 1.47. The second-order valence-corrected chi connectivity index (χ2v) is 11.8. The van der Waals surface area contributed by atoms with Crippen molar-refractivity contribution in [3.63, 3.8) is 0 Å². The molecule has 1 unspecified atom stereocenters. The molecule has 1 aromatic heterocycles. The molecule has 1 atom stereocenters. The van der Waals surface area contributed by atoms with Gasteiger partial charge in [0.15, 0.2) is 16.6 Å². The fourth-order valence-corrected chi connectivity index (χ4v) is 6.47. The number of aromatic nitrogens is 1. The van der Waals surface area contributed by atoms with Gasteiger partial charge in [0.25, 0.3) is 15.9 Å². The van der Waals surface area contributed by atoms with Crippen molar-refractivity contribution < 1.29 is 27.4 Å². The van der Waals surface area contributed by atoms with Crippen molar-refractivity contribution in [1.82, 2.24) is 14.4 Å². The molecule has 0 saturated carbocycles.